The molecule has 1 aromatic rings. The highest BCUT2D eigenvalue weighted by atomic mass is 79.9. The van der Waals surface area contributed by atoms with Crippen LogP contribution in [0.5, 0.6) is 0 Å². The molecule has 1 rings (SSSR count). The Balaban J connectivity index is 2.67. The van der Waals surface area contributed by atoms with Gasteiger partial charge in [-0.1, -0.05) is 28.1 Å². The summed E-state index contributed by atoms with van der Waals surface area (Å²) in [6.45, 7) is 1.61. The minimum Gasteiger partial charge on any atom is -0.310 e. The molecule has 3 heteroatoms. The van der Waals surface area contributed by atoms with E-state index in [-0.39, 0.29) is 11.8 Å². The molecule has 0 aromatic heterocycles. The van der Waals surface area contributed by atoms with Crippen molar-refractivity contribution in [2.75, 3.05) is 7.05 Å². The van der Waals surface area contributed by atoms with E-state index in [2.05, 4.69) is 21.2 Å². The van der Waals surface area contributed by atoms with Gasteiger partial charge in [0.2, 0.25) is 0 Å². The molecule has 1 atom stereocenters. The smallest absolute Gasteiger partial charge is 0.147 e. The van der Waals surface area contributed by atoms with Gasteiger partial charge in [0, 0.05) is 4.47 Å². The van der Waals surface area contributed by atoms with Crippen molar-refractivity contribution in [1.29, 1.82) is 0 Å². The molecule has 1 aromatic carbocycles. The van der Waals surface area contributed by atoms with Crippen LogP contribution in [0, 0.1) is 0 Å². The molecule has 2 nitrogen and oxygen atoms in total. The first-order valence-electron chi connectivity index (χ1n) is 4.55. The summed E-state index contributed by atoms with van der Waals surface area (Å²) in [6.07, 6.45) is 0.749. The predicted molar refractivity (Wildman–Crippen MR) is 61.4 cm³/mol. The second-order valence-corrected chi connectivity index (χ2v) is 4.20. The van der Waals surface area contributed by atoms with Crippen molar-refractivity contribution in [2.45, 2.75) is 19.4 Å². The Morgan fingerprint density at radius 1 is 1.43 bits per heavy atom. The van der Waals surface area contributed by atoms with Crippen molar-refractivity contribution in [2.24, 2.45) is 0 Å². The van der Waals surface area contributed by atoms with Crippen molar-refractivity contribution < 1.29 is 4.79 Å². The highest BCUT2D eigenvalue weighted by Gasteiger charge is 2.11. The fourth-order valence-electron chi connectivity index (χ4n) is 1.31. The number of Topliss-reactive ketones (excluding diaryl/α,β-unsaturated/α-hetero) is 1. The van der Waals surface area contributed by atoms with E-state index in [1.807, 2.05) is 31.3 Å². The zero-order valence-corrected chi connectivity index (χ0v) is 9.97. The van der Waals surface area contributed by atoms with Crippen LogP contribution >= 0.6 is 15.9 Å². The van der Waals surface area contributed by atoms with Gasteiger partial charge in [0.25, 0.3) is 0 Å². The van der Waals surface area contributed by atoms with Gasteiger partial charge in [-0.2, -0.15) is 0 Å². The number of hydrogen-bond acceptors (Lipinski definition) is 2. The second-order valence-electron chi connectivity index (χ2n) is 3.28. The monoisotopic (exact) mass is 255 g/mol. The van der Waals surface area contributed by atoms with Gasteiger partial charge in [0.15, 0.2) is 0 Å². The number of likely N-dealkylation sites (N-methyl/N-ethyl adjacent to an activating group) is 1. The SMILES string of the molecule is CN[C@@H](Cc1ccc(Br)cc1)C(C)=O. The lowest BCUT2D eigenvalue weighted by molar-refractivity contribution is -0.118. The van der Waals surface area contributed by atoms with Crippen LogP contribution < -0.4 is 5.32 Å². The van der Waals surface area contributed by atoms with Crippen LogP contribution in [0.4, 0.5) is 0 Å². The highest BCUT2D eigenvalue weighted by Crippen LogP contribution is 2.12. The van der Waals surface area contributed by atoms with Gasteiger partial charge >= 0.3 is 0 Å². The quantitative estimate of drug-likeness (QED) is 0.894. The Kier molecular flexibility index (Phi) is 4.29. The molecule has 0 bridgehead atoms. The second kappa shape index (κ2) is 5.27. The molecule has 0 radical (unpaired) electrons. The lowest BCUT2D eigenvalue weighted by Gasteiger charge is -2.12. The number of carbonyl (C=O) groups excluding carboxylic acids is 1. The summed E-state index contributed by atoms with van der Waals surface area (Å²) in [7, 11) is 1.81. The molecule has 0 amide bonds. The van der Waals surface area contributed by atoms with Crippen molar-refractivity contribution in [3.8, 4) is 0 Å². The zero-order valence-electron chi connectivity index (χ0n) is 8.38. The molecule has 0 aliphatic rings. The minimum atomic E-state index is -0.0730. The molecule has 0 spiro atoms. The zero-order chi connectivity index (χ0) is 10.6. The van der Waals surface area contributed by atoms with Crippen molar-refractivity contribution in [1.82, 2.24) is 5.32 Å². The van der Waals surface area contributed by atoms with E-state index in [0.717, 1.165) is 10.9 Å². The molecular formula is C11H14BrNO. The summed E-state index contributed by atoms with van der Waals surface area (Å²) in [5.41, 5.74) is 1.17. The van der Waals surface area contributed by atoms with Crippen LogP contribution in [-0.2, 0) is 11.2 Å². The lowest BCUT2D eigenvalue weighted by Crippen LogP contribution is -2.34. The maximum Gasteiger partial charge on any atom is 0.147 e. The average Bonchev–Trinajstić information content (AvgIpc) is 2.16. The number of hydrogen-bond donors (Lipinski definition) is 1. The summed E-state index contributed by atoms with van der Waals surface area (Å²) < 4.78 is 1.06. The largest absolute Gasteiger partial charge is 0.310 e. The van der Waals surface area contributed by atoms with Gasteiger partial charge in [-0.05, 0) is 38.1 Å². The molecule has 0 heterocycles. The third kappa shape index (κ3) is 3.24. The van der Waals surface area contributed by atoms with Gasteiger partial charge in [-0.3, -0.25) is 4.79 Å². The number of halogens is 1. The summed E-state index contributed by atoms with van der Waals surface area (Å²) >= 11 is 3.38. The fraction of sp³-hybridized carbons (Fsp3) is 0.364. The molecule has 0 saturated heterocycles. The van der Waals surface area contributed by atoms with Crippen LogP contribution in [0.15, 0.2) is 28.7 Å². The molecule has 0 fully saturated rings. The molecular weight excluding hydrogens is 242 g/mol. The van der Waals surface area contributed by atoms with E-state index in [1.165, 1.54) is 5.56 Å². The summed E-state index contributed by atoms with van der Waals surface area (Å²) in [5, 5.41) is 3.00. The molecule has 0 aliphatic carbocycles. The molecule has 0 saturated carbocycles. The van der Waals surface area contributed by atoms with E-state index in [4.69, 9.17) is 0 Å². The molecule has 14 heavy (non-hydrogen) atoms. The van der Waals surface area contributed by atoms with E-state index in [0.29, 0.717) is 0 Å². The van der Waals surface area contributed by atoms with Crippen LogP contribution in [-0.4, -0.2) is 18.9 Å². The van der Waals surface area contributed by atoms with E-state index in [1.54, 1.807) is 6.92 Å². The Bertz CT molecular complexity index is 308. The number of ketones is 1. The minimum absolute atomic E-state index is 0.0730. The fourth-order valence-corrected chi connectivity index (χ4v) is 1.57. The number of rotatable bonds is 4. The Morgan fingerprint density at radius 3 is 2.43 bits per heavy atom. The predicted octanol–water partition coefficient (Wildman–Crippen LogP) is 2.17. The normalized spacial score (nSPS) is 12.5. The van der Waals surface area contributed by atoms with Crippen molar-refractivity contribution in [3.63, 3.8) is 0 Å². The summed E-state index contributed by atoms with van der Waals surface area (Å²) in [5.74, 6) is 0.176. The van der Waals surface area contributed by atoms with E-state index in [9.17, 15) is 4.79 Å². The number of carbonyl (C=O) groups is 1. The van der Waals surface area contributed by atoms with E-state index < -0.39 is 0 Å². The molecule has 0 unspecified atom stereocenters. The molecule has 0 aliphatic heterocycles. The third-order valence-electron chi connectivity index (χ3n) is 2.19. The standard InChI is InChI=1S/C11H14BrNO/c1-8(14)11(13-2)7-9-3-5-10(12)6-4-9/h3-6,11,13H,7H2,1-2H3/t11-/m0/s1. The average molecular weight is 256 g/mol. The topological polar surface area (TPSA) is 29.1 Å². The first-order chi connectivity index (χ1) is 6.63. The Labute approximate surface area is 92.8 Å². The molecule has 76 valence electrons. The van der Waals surface area contributed by atoms with Gasteiger partial charge in [0.1, 0.15) is 5.78 Å². The van der Waals surface area contributed by atoms with Crippen LogP contribution in [0.2, 0.25) is 0 Å². The van der Waals surface area contributed by atoms with Gasteiger partial charge in [0.05, 0.1) is 6.04 Å². The van der Waals surface area contributed by atoms with Gasteiger partial charge in [-0.25, -0.2) is 0 Å². The number of nitrogens with one attached hydrogen (secondary N) is 1. The summed E-state index contributed by atoms with van der Waals surface area (Å²) in [6, 6.07) is 7.95. The van der Waals surface area contributed by atoms with Crippen LogP contribution in [0.1, 0.15) is 12.5 Å². The Morgan fingerprint density at radius 2 is 2.00 bits per heavy atom. The summed E-state index contributed by atoms with van der Waals surface area (Å²) in [4.78, 5) is 11.2. The maximum atomic E-state index is 11.2. The first kappa shape index (κ1) is 11.4. The molecule has 1 N–H and O–H groups in total. The Hall–Kier alpha value is -0.670. The van der Waals surface area contributed by atoms with Gasteiger partial charge in [-0.15, -0.1) is 0 Å². The van der Waals surface area contributed by atoms with E-state index >= 15 is 0 Å². The lowest BCUT2D eigenvalue weighted by atomic mass is 10.0. The highest BCUT2D eigenvalue weighted by molar-refractivity contribution is 9.10. The number of benzene rings is 1. The van der Waals surface area contributed by atoms with Crippen LogP contribution in [0.3, 0.4) is 0 Å². The first-order valence-corrected chi connectivity index (χ1v) is 5.35. The van der Waals surface area contributed by atoms with Gasteiger partial charge < -0.3 is 5.32 Å². The van der Waals surface area contributed by atoms with Crippen LogP contribution in [0.25, 0.3) is 0 Å². The maximum absolute atomic E-state index is 11.2. The van der Waals surface area contributed by atoms with Crippen molar-refractivity contribution in [3.05, 3.63) is 34.3 Å². The third-order valence-corrected chi connectivity index (χ3v) is 2.72. The van der Waals surface area contributed by atoms with Crippen molar-refractivity contribution >= 4 is 21.7 Å².